The van der Waals surface area contributed by atoms with Crippen LogP contribution in [-0.2, 0) is 11.3 Å². The SMILES string of the molecule is CN(Cc1ccccc1[N+](=O)[O-])C(=O)C(F)Cl. The molecule has 1 amide bonds. The van der Waals surface area contributed by atoms with Crippen molar-refractivity contribution in [3.63, 3.8) is 0 Å². The van der Waals surface area contributed by atoms with Crippen molar-refractivity contribution >= 4 is 23.2 Å². The number of alkyl halides is 2. The minimum Gasteiger partial charge on any atom is -0.338 e. The highest BCUT2D eigenvalue weighted by molar-refractivity contribution is 6.29. The predicted octanol–water partition coefficient (Wildman–Crippen LogP) is 2.09. The van der Waals surface area contributed by atoms with Gasteiger partial charge in [0.05, 0.1) is 11.5 Å². The Kier molecular flexibility index (Phi) is 4.39. The molecule has 0 saturated carbocycles. The first-order valence-corrected chi connectivity index (χ1v) is 5.12. The Morgan fingerprint density at radius 2 is 2.18 bits per heavy atom. The second-order valence-electron chi connectivity index (χ2n) is 3.38. The monoisotopic (exact) mass is 260 g/mol. The number of carbonyl (C=O) groups is 1. The molecule has 0 bridgehead atoms. The number of nitro groups is 1. The number of para-hydroxylation sites is 1. The molecular weight excluding hydrogens is 251 g/mol. The quantitative estimate of drug-likeness (QED) is 0.473. The maximum Gasteiger partial charge on any atom is 0.274 e. The van der Waals surface area contributed by atoms with E-state index >= 15 is 0 Å². The van der Waals surface area contributed by atoms with Crippen LogP contribution in [0.3, 0.4) is 0 Å². The zero-order valence-electron chi connectivity index (χ0n) is 8.97. The zero-order valence-corrected chi connectivity index (χ0v) is 9.72. The molecule has 17 heavy (non-hydrogen) atoms. The summed E-state index contributed by atoms with van der Waals surface area (Å²) in [6.45, 7) is -0.0663. The zero-order chi connectivity index (χ0) is 13.0. The summed E-state index contributed by atoms with van der Waals surface area (Å²) in [4.78, 5) is 22.3. The molecule has 92 valence electrons. The first-order chi connectivity index (χ1) is 7.93. The lowest BCUT2D eigenvalue weighted by Crippen LogP contribution is -2.31. The second-order valence-corrected chi connectivity index (χ2v) is 3.76. The van der Waals surface area contributed by atoms with Crippen molar-refractivity contribution in [2.24, 2.45) is 0 Å². The summed E-state index contributed by atoms with van der Waals surface area (Å²) in [6.07, 6.45) is 0. The van der Waals surface area contributed by atoms with Gasteiger partial charge in [-0.2, -0.15) is 0 Å². The van der Waals surface area contributed by atoms with Crippen LogP contribution < -0.4 is 0 Å². The predicted molar refractivity (Wildman–Crippen MR) is 60.3 cm³/mol. The normalized spacial score (nSPS) is 11.9. The summed E-state index contributed by atoms with van der Waals surface area (Å²) in [6, 6.07) is 5.95. The molecule has 0 N–H and O–H groups in total. The van der Waals surface area contributed by atoms with E-state index in [1.807, 2.05) is 0 Å². The van der Waals surface area contributed by atoms with Gasteiger partial charge in [-0.05, 0) is 0 Å². The Bertz CT molecular complexity index is 439. The van der Waals surface area contributed by atoms with Gasteiger partial charge in [0.2, 0.25) is 0 Å². The number of amides is 1. The minimum absolute atomic E-state index is 0.0663. The Balaban J connectivity index is 2.88. The molecule has 5 nitrogen and oxygen atoms in total. The van der Waals surface area contributed by atoms with Gasteiger partial charge in [0.25, 0.3) is 17.2 Å². The Morgan fingerprint density at radius 1 is 1.59 bits per heavy atom. The molecule has 1 rings (SSSR count). The average Bonchev–Trinajstić information content (AvgIpc) is 2.28. The van der Waals surface area contributed by atoms with Crippen LogP contribution in [0.1, 0.15) is 5.56 Å². The van der Waals surface area contributed by atoms with Gasteiger partial charge < -0.3 is 4.90 Å². The number of carbonyl (C=O) groups excluding carboxylic acids is 1. The van der Waals surface area contributed by atoms with E-state index in [2.05, 4.69) is 0 Å². The number of rotatable bonds is 4. The van der Waals surface area contributed by atoms with Crippen molar-refractivity contribution in [2.45, 2.75) is 12.2 Å². The maximum atomic E-state index is 12.5. The lowest BCUT2D eigenvalue weighted by molar-refractivity contribution is -0.385. The molecule has 7 heteroatoms. The van der Waals surface area contributed by atoms with Gasteiger partial charge in [-0.25, -0.2) is 4.39 Å². The van der Waals surface area contributed by atoms with Crippen LogP contribution in [-0.4, -0.2) is 28.4 Å². The lowest BCUT2D eigenvalue weighted by Gasteiger charge is -2.16. The number of hydrogen-bond donors (Lipinski definition) is 0. The Hall–Kier alpha value is -1.69. The van der Waals surface area contributed by atoms with E-state index in [9.17, 15) is 19.3 Å². The maximum absolute atomic E-state index is 12.5. The van der Waals surface area contributed by atoms with Gasteiger partial charge in [-0.3, -0.25) is 14.9 Å². The van der Waals surface area contributed by atoms with Crippen LogP contribution in [0.15, 0.2) is 24.3 Å². The summed E-state index contributed by atoms with van der Waals surface area (Å²) in [5.74, 6) is -0.926. The molecule has 0 heterocycles. The molecule has 0 aliphatic heterocycles. The van der Waals surface area contributed by atoms with Crippen LogP contribution >= 0.6 is 11.6 Å². The van der Waals surface area contributed by atoms with Gasteiger partial charge in [0.1, 0.15) is 0 Å². The van der Waals surface area contributed by atoms with Gasteiger partial charge in [0.15, 0.2) is 0 Å². The highest BCUT2D eigenvalue weighted by Crippen LogP contribution is 2.19. The van der Waals surface area contributed by atoms with Crippen molar-refractivity contribution in [2.75, 3.05) is 7.05 Å². The first-order valence-electron chi connectivity index (χ1n) is 4.69. The van der Waals surface area contributed by atoms with Gasteiger partial charge in [0, 0.05) is 18.7 Å². The molecule has 0 fully saturated rings. The highest BCUT2D eigenvalue weighted by Gasteiger charge is 2.21. The largest absolute Gasteiger partial charge is 0.338 e. The molecule has 0 saturated heterocycles. The number of benzene rings is 1. The molecule has 1 aromatic carbocycles. The number of halogens is 2. The van der Waals surface area contributed by atoms with Gasteiger partial charge in [-0.1, -0.05) is 29.8 Å². The molecule has 1 aromatic rings. The van der Waals surface area contributed by atoms with Crippen LogP contribution in [0.5, 0.6) is 0 Å². The van der Waals surface area contributed by atoms with E-state index in [4.69, 9.17) is 11.6 Å². The standard InChI is InChI=1S/C10H10ClFN2O3/c1-13(10(15)9(11)12)6-7-4-2-3-5-8(7)14(16)17/h2-5,9H,6H2,1H3. The summed E-state index contributed by atoms with van der Waals surface area (Å²) in [5, 5.41) is 10.7. The highest BCUT2D eigenvalue weighted by atomic mass is 35.5. The van der Waals surface area contributed by atoms with E-state index in [1.54, 1.807) is 6.07 Å². The summed E-state index contributed by atoms with van der Waals surface area (Å²) in [7, 11) is 1.33. The molecular formula is C10H10ClFN2O3. The van der Waals surface area contributed by atoms with E-state index in [1.165, 1.54) is 25.2 Å². The molecule has 0 aliphatic rings. The van der Waals surface area contributed by atoms with E-state index < -0.39 is 16.5 Å². The molecule has 0 aliphatic carbocycles. The van der Waals surface area contributed by atoms with Crippen LogP contribution in [0.2, 0.25) is 0 Å². The average molecular weight is 261 g/mol. The molecule has 0 spiro atoms. The van der Waals surface area contributed by atoms with E-state index in [-0.39, 0.29) is 12.2 Å². The topological polar surface area (TPSA) is 63.4 Å². The molecule has 1 unspecified atom stereocenters. The fourth-order valence-electron chi connectivity index (χ4n) is 1.32. The lowest BCUT2D eigenvalue weighted by atomic mass is 10.1. The second kappa shape index (κ2) is 5.58. The number of nitro benzene ring substituents is 1. The number of nitrogens with zero attached hydrogens (tertiary/aromatic N) is 2. The van der Waals surface area contributed by atoms with Crippen molar-refractivity contribution < 1.29 is 14.1 Å². The third-order valence-electron chi connectivity index (χ3n) is 2.16. The molecule has 1 atom stereocenters. The molecule has 0 aromatic heterocycles. The summed E-state index contributed by atoms with van der Waals surface area (Å²) >= 11 is 5.00. The van der Waals surface area contributed by atoms with Crippen molar-refractivity contribution in [1.82, 2.24) is 4.90 Å². The third-order valence-corrected chi connectivity index (χ3v) is 2.35. The third kappa shape index (κ3) is 3.39. The van der Waals surface area contributed by atoms with Gasteiger partial charge in [-0.15, -0.1) is 0 Å². The van der Waals surface area contributed by atoms with Crippen LogP contribution in [0.4, 0.5) is 10.1 Å². The minimum atomic E-state index is -2.14. The Labute approximate surface area is 102 Å². The van der Waals surface area contributed by atoms with Gasteiger partial charge >= 0.3 is 0 Å². The van der Waals surface area contributed by atoms with E-state index in [0.717, 1.165) is 4.90 Å². The van der Waals surface area contributed by atoms with Crippen molar-refractivity contribution in [3.8, 4) is 0 Å². The molecule has 0 radical (unpaired) electrons. The first kappa shape index (κ1) is 13.4. The summed E-state index contributed by atoms with van der Waals surface area (Å²) in [5.41, 5.74) is -1.93. The van der Waals surface area contributed by atoms with Crippen molar-refractivity contribution in [3.05, 3.63) is 39.9 Å². The van der Waals surface area contributed by atoms with E-state index in [0.29, 0.717) is 5.56 Å². The Morgan fingerprint density at radius 3 is 2.71 bits per heavy atom. The van der Waals surface area contributed by atoms with Crippen LogP contribution in [0, 0.1) is 10.1 Å². The fraction of sp³-hybridized carbons (Fsp3) is 0.300. The van der Waals surface area contributed by atoms with Crippen molar-refractivity contribution in [1.29, 1.82) is 0 Å². The van der Waals surface area contributed by atoms with Crippen LogP contribution in [0.25, 0.3) is 0 Å². The fourth-order valence-corrected chi connectivity index (χ4v) is 1.49. The number of hydrogen-bond acceptors (Lipinski definition) is 3. The smallest absolute Gasteiger partial charge is 0.274 e. The summed E-state index contributed by atoms with van der Waals surface area (Å²) < 4.78 is 12.5.